The smallest absolute Gasteiger partial charge is 0.119 e. The van der Waals surface area contributed by atoms with Gasteiger partial charge < -0.3 is 10.5 Å². The van der Waals surface area contributed by atoms with Crippen LogP contribution in [0, 0.1) is 6.92 Å². The van der Waals surface area contributed by atoms with Crippen molar-refractivity contribution >= 4 is 11.3 Å². The molecule has 0 amide bonds. The summed E-state index contributed by atoms with van der Waals surface area (Å²) in [4.78, 5) is 5.55. The van der Waals surface area contributed by atoms with Gasteiger partial charge in [0.15, 0.2) is 0 Å². The van der Waals surface area contributed by atoms with Gasteiger partial charge >= 0.3 is 0 Å². The largest absolute Gasteiger partial charge is 0.497 e. The maximum Gasteiger partial charge on any atom is 0.119 e. The van der Waals surface area contributed by atoms with Crippen LogP contribution in [-0.4, -0.2) is 12.1 Å². The lowest BCUT2D eigenvalue weighted by molar-refractivity contribution is 0.414. The molecule has 2 rings (SSSR count). The first kappa shape index (κ1) is 12.1. The quantitative estimate of drug-likeness (QED) is 0.905. The zero-order valence-corrected chi connectivity index (χ0v) is 10.8. The van der Waals surface area contributed by atoms with Crippen molar-refractivity contribution in [2.24, 2.45) is 5.73 Å². The number of aryl methyl sites for hydroxylation is 1. The van der Waals surface area contributed by atoms with Gasteiger partial charge in [0.2, 0.25) is 0 Å². The molecule has 1 aromatic carbocycles. The lowest BCUT2D eigenvalue weighted by Gasteiger charge is -2.11. The Morgan fingerprint density at radius 3 is 2.94 bits per heavy atom. The van der Waals surface area contributed by atoms with Crippen molar-refractivity contribution in [2.45, 2.75) is 19.4 Å². The first-order valence-electron chi connectivity index (χ1n) is 5.50. The van der Waals surface area contributed by atoms with Crippen molar-refractivity contribution in [3.63, 3.8) is 0 Å². The highest BCUT2D eigenvalue weighted by Gasteiger charge is 2.10. The van der Waals surface area contributed by atoms with Crippen LogP contribution < -0.4 is 10.5 Å². The fourth-order valence-corrected chi connectivity index (χ4v) is 2.52. The molecule has 1 heterocycles. The van der Waals surface area contributed by atoms with Crippen LogP contribution >= 0.6 is 11.3 Å². The summed E-state index contributed by atoms with van der Waals surface area (Å²) in [6.45, 7) is 2.05. The van der Waals surface area contributed by atoms with Crippen LogP contribution in [0.4, 0.5) is 0 Å². The maximum atomic E-state index is 6.17. The van der Waals surface area contributed by atoms with E-state index in [1.54, 1.807) is 18.4 Å². The van der Waals surface area contributed by atoms with E-state index in [-0.39, 0.29) is 6.04 Å². The lowest BCUT2D eigenvalue weighted by Crippen LogP contribution is -2.13. The number of methoxy groups -OCH3 is 1. The van der Waals surface area contributed by atoms with Crippen molar-refractivity contribution in [3.8, 4) is 5.75 Å². The minimum absolute atomic E-state index is 0.0318. The van der Waals surface area contributed by atoms with Crippen LogP contribution in [0.2, 0.25) is 0 Å². The van der Waals surface area contributed by atoms with E-state index in [1.807, 2.05) is 30.5 Å². The molecule has 0 aliphatic heterocycles. The molecule has 0 spiro atoms. The summed E-state index contributed by atoms with van der Waals surface area (Å²) in [5, 5.41) is 1.08. The van der Waals surface area contributed by atoms with Crippen molar-refractivity contribution in [2.75, 3.05) is 7.11 Å². The minimum Gasteiger partial charge on any atom is -0.497 e. The fraction of sp³-hybridized carbons (Fsp3) is 0.308. The number of nitrogens with zero attached hydrogens (tertiary/aromatic N) is 1. The van der Waals surface area contributed by atoms with E-state index in [0.717, 1.165) is 22.7 Å². The highest BCUT2D eigenvalue weighted by molar-refractivity contribution is 7.11. The second-order valence-corrected chi connectivity index (χ2v) is 5.27. The van der Waals surface area contributed by atoms with E-state index >= 15 is 0 Å². The van der Waals surface area contributed by atoms with E-state index in [4.69, 9.17) is 10.5 Å². The standard InChI is InChI=1S/C13H16N2OS/c1-9-8-15-13(17-9)7-12(14)10-4-3-5-11(6-10)16-2/h3-6,8,12H,7,14H2,1-2H3. The monoisotopic (exact) mass is 248 g/mol. The van der Waals surface area contributed by atoms with Gasteiger partial charge in [0, 0.05) is 23.5 Å². The summed E-state index contributed by atoms with van der Waals surface area (Å²) >= 11 is 1.70. The summed E-state index contributed by atoms with van der Waals surface area (Å²) in [5.74, 6) is 0.841. The first-order valence-corrected chi connectivity index (χ1v) is 6.31. The third kappa shape index (κ3) is 3.05. The van der Waals surface area contributed by atoms with Crippen LogP contribution in [0.5, 0.6) is 5.75 Å². The number of hydrogen-bond donors (Lipinski definition) is 1. The molecule has 0 saturated heterocycles. The van der Waals surface area contributed by atoms with Gasteiger partial charge in [-0.1, -0.05) is 12.1 Å². The van der Waals surface area contributed by atoms with Gasteiger partial charge in [-0.15, -0.1) is 11.3 Å². The van der Waals surface area contributed by atoms with Crippen molar-refractivity contribution in [3.05, 3.63) is 45.9 Å². The molecule has 0 bridgehead atoms. The Kier molecular flexibility index (Phi) is 3.76. The Labute approximate surface area is 105 Å². The van der Waals surface area contributed by atoms with Crippen LogP contribution in [0.25, 0.3) is 0 Å². The predicted octanol–water partition coefficient (Wildman–Crippen LogP) is 2.70. The Morgan fingerprint density at radius 2 is 2.29 bits per heavy atom. The third-order valence-electron chi connectivity index (χ3n) is 2.59. The topological polar surface area (TPSA) is 48.1 Å². The van der Waals surface area contributed by atoms with Gasteiger partial charge in [0.25, 0.3) is 0 Å². The first-order chi connectivity index (χ1) is 8.19. The van der Waals surface area contributed by atoms with Gasteiger partial charge in [-0.25, -0.2) is 4.98 Å². The molecular weight excluding hydrogens is 232 g/mol. The molecule has 2 N–H and O–H groups in total. The molecule has 3 nitrogen and oxygen atoms in total. The van der Waals surface area contributed by atoms with Gasteiger partial charge in [-0.3, -0.25) is 0 Å². The van der Waals surface area contributed by atoms with E-state index < -0.39 is 0 Å². The number of aromatic nitrogens is 1. The van der Waals surface area contributed by atoms with E-state index in [0.29, 0.717) is 0 Å². The normalized spacial score (nSPS) is 12.4. The molecule has 1 unspecified atom stereocenters. The fourth-order valence-electron chi connectivity index (χ4n) is 1.67. The molecule has 0 aliphatic rings. The maximum absolute atomic E-state index is 6.17. The van der Waals surface area contributed by atoms with Crippen LogP contribution in [0.15, 0.2) is 30.5 Å². The average molecular weight is 248 g/mol. The van der Waals surface area contributed by atoms with Crippen molar-refractivity contribution < 1.29 is 4.74 Å². The molecule has 0 radical (unpaired) electrons. The second kappa shape index (κ2) is 5.29. The van der Waals surface area contributed by atoms with E-state index in [9.17, 15) is 0 Å². The molecule has 4 heteroatoms. The van der Waals surface area contributed by atoms with Crippen LogP contribution in [0.3, 0.4) is 0 Å². The zero-order chi connectivity index (χ0) is 12.3. The number of rotatable bonds is 4. The summed E-state index contributed by atoms with van der Waals surface area (Å²) in [6, 6.07) is 7.85. The molecule has 1 atom stereocenters. The molecule has 90 valence electrons. The summed E-state index contributed by atoms with van der Waals surface area (Å²) in [7, 11) is 1.66. The van der Waals surface area contributed by atoms with Gasteiger partial charge in [0.05, 0.1) is 12.1 Å². The van der Waals surface area contributed by atoms with Gasteiger partial charge in [-0.2, -0.15) is 0 Å². The minimum atomic E-state index is -0.0318. The average Bonchev–Trinajstić information content (AvgIpc) is 2.75. The molecule has 2 aromatic rings. The molecule has 1 aromatic heterocycles. The molecule has 0 fully saturated rings. The Bertz CT molecular complexity index is 496. The second-order valence-electron chi connectivity index (χ2n) is 3.95. The van der Waals surface area contributed by atoms with Crippen LogP contribution in [0.1, 0.15) is 21.5 Å². The number of ether oxygens (including phenoxy) is 1. The summed E-state index contributed by atoms with van der Waals surface area (Å²) < 4.78 is 5.19. The SMILES string of the molecule is COc1cccc(C(N)Cc2ncc(C)s2)c1. The van der Waals surface area contributed by atoms with Crippen LogP contribution in [-0.2, 0) is 6.42 Å². The molecular formula is C13H16N2OS. The lowest BCUT2D eigenvalue weighted by atomic mass is 10.0. The Morgan fingerprint density at radius 1 is 1.47 bits per heavy atom. The number of thiazole rings is 1. The number of nitrogens with two attached hydrogens (primary N) is 1. The highest BCUT2D eigenvalue weighted by Crippen LogP contribution is 2.22. The third-order valence-corrected chi connectivity index (χ3v) is 3.52. The predicted molar refractivity (Wildman–Crippen MR) is 70.5 cm³/mol. The molecule has 17 heavy (non-hydrogen) atoms. The Balaban J connectivity index is 2.11. The Hall–Kier alpha value is -1.39. The van der Waals surface area contributed by atoms with E-state index in [2.05, 4.69) is 11.9 Å². The van der Waals surface area contributed by atoms with Crippen molar-refractivity contribution in [1.29, 1.82) is 0 Å². The molecule has 0 aliphatic carbocycles. The summed E-state index contributed by atoms with van der Waals surface area (Å²) in [5.41, 5.74) is 7.25. The highest BCUT2D eigenvalue weighted by atomic mass is 32.1. The van der Waals surface area contributed by atoms with E-state index in [1.165, 1.54) is 4.88 Å². The number of benzene rings is 1. The molecule has 0 saturated carbocycles. The number of hydrogen-bond acceptors (Lipinski definition) is 4. The van der Waals surface area contributed by atoms with Gasteiger partial charge in [-0.05, 0) is 24.6 Å². The van der Waals surface area contributed by atoms with Gasteiger partial charge in [0.1, 0.15) is 5.75 Å². The zero-order valence-electron chi connectivity index (χ0n) is 10.0. The van der Waals surface area contributed by atoms with Crippen molar-refractivity contribution in [1.82, 2.24) is 4.98 Å². The summed E-state index contributed by atoms with van der Waals surface area (Å²) in [6.07, 6.45) is 2.66.